The molecule has 0 saturated carbocycles. The van der Waals surface area contributed by atoms with Gasteiger partial charge in [0, 0.05) is 32.3 Å². The average Bonchev–Trinajstić information content (AvgIpc) is 3.07. The third kappa shape index (κ3) is 4.79. The first-order chi connectivity index (χ1) is 11.6. The van der Waals surface area contributed by atoms with Crippen LogP contribution in [0.3, 0.4) is 0 Å². The second kappa shape index (κ2) is 8.43. The van der Waals surface area contributed by atoms with Crippen molar-refractivity contribution in [2.75, 3.05) is 32.8 Å². The number of benzene rings is 1. The van der Waals surface area contributed by atoms with E-state index in [1.54, 1.807) is 0 Å². The van der Waals surface area contributed by atoms with Crippen molar-refractivity contribution in [3.05, 3.63) is 35.4 Å². The van der Waals surface area contributed by atoms with Gasteiger partial charge in [-0.1, -0.05) is 36.8 Å². The smallest absolute Gasteiger partial charge is 0.0914 e. The van der Waals surface area contributed by atoms with Crippen LogP contribution in [0.25, 0.3) is 0 Å². The van der Waals surface area contributed by atoms with Gasteiger partial charge >= 0.3 is 0 Å². The molecule has 1 aromatic rings. The summed E-state index contributed by atoms with van der Waals surface area (Å²) in [6.45, 7) is 9.29. The summed E-state index contributed by atoms with van der Waals surface area (Å²) in [6.07, 6.45) is 3.60. The Morgan fingerprint density at radius 2 is 2.25 bits per heavy atom. The molecule has 134 valence electrons. The van der Waals surface area contributed by atoms with E-state index in [2.05, 4.69) is 36.2 Å². The third-order valence-corrected chi connectivity index (χ3v) is 5.48. The van der Waals surface area contributed by atoms with Gasteiger partial charge in [0.1, 0.15) is 0 Å². The Labute approximate surface area is 146 Å². The quantitative estimate of drug-likeness (QED) is 0.840. The van der Waals surface area contributed by atoms with E-state index in [1.807, 2.05) is 12.1 Å². The summed E-state index contributed by atoms with van der Waals surface area (Å²) in [5.74, 6) is 0.602. The average molecular weight is 332 g/mol. The third-order valence-electron chi connectivity index (χ3n) is 5.48. The summed E-state index contributed by atoms with van der Waals surface area (Å²) in [7, 11) is 0. The minimum absolute atomic E-state index is 0.429. The normalized spacial score (nSPS) is 29.7. The molecule has 24 heavy (non-hydrogen) atoms. The lowest BCUT2D eigenvalue weighted by Gasteiger charge is -2.38. The Hall–Kier alpha value is -0.940. The Morgan fingerprint density at radius 3 is 2.96 bits per heavy atom. The van der Waals surface area contributed by atoms with Crippen molar-refractivity contribution in [3.63, 3.8) is 0 Å². The molecule has 4 nitrogen and oxygen atoms in total. The first kappa shape index (κ1) is 17.9. The molecule has 3 rings (SSSR count). The van der Waals surface area contributed by atoms with Gasteiger partial charge in [-0.15, -0.1) is 0 Å². The van der Waals surface area contributed by atoms with E-state index in [0.717, 1.165) is 38.2 Å². The van der Waals surface area contributed by atoms with Crippen LogP contribution in [-0.4, -0.2) is 54.9 Å². The molecule has 2 aliphatic rings. The lowest BCUT2D eigenvalue weighted by molar-refractivity contribution is 0.0495. The molecule has 2 heterocycles. The van der Waals surface area contributed by atoms with Crippen LogP contribution in [0.5, 0.6) is 0 Å². The first-order valence-electron chi connectivity index (χ1n) is 9.44. The highest BCUT2D eigenvalue weighted by atomic mass is 16.5. The monoisotopic (exact) mass is 332 g/mol. The highest BCUT2D eigenvalue weighted by molar-refractivity contribution is 5.24. The summed E-state index contributed by atoms with van der Waals surface area (Å²) < 4.78 is 5.76. The van der Waals surface area contributed by atoms with Gasteiger partial charge in [0.2, 0.25) is 0 Å². The lowest BCUT2D eigenvalue weighted by atomic mass is 9.93. The molecular weight excluding hydrogens is 300 g/mol. The molecule has 2 N–H and O–H groups in total. The molecule has 2 fully saturated rings. The molecule has 1 aromatic carbocycles. The van der Waals surface area contributed by atoms with Crippen LogP contribution >= 0.6 is 0 Å². The number of ether oxygens (including phenoxy) is 1. The molecule has 0 radical (unpaired) electrons. The molecule has 4 heteroatoms. The Bertz CT molecular complexity index is 516. The van der Waals surface area contributed by atoms with Gasteiger partial charge in [-0.05, 0) is 44.2 Å². The maximum absolute atomic E-state index is 10.4. The van der Waals surface area contributed by atoms with E-state index in [0.29, 0.717) is 24.6 Å². The summed E-state index contributed by atoms with van der Waals surface area (Å²) in [5, 5.41) is 14.0. The maximum atomic E-state index is 10.4. The van der Waals surface area contributed by atoms with Gasteiger partial charge in [-0.3, -0.25) is 0 Å². The Morgan fingerprint density at radius 1 is 1.38 bits per heavy atom. The zero-order valence-corrected chi connectivity index (χ0v) is 15.1. The predicted molar refractivity (Wildman–Crippen MR) is 97.1 cm³/mol. The van der Waals surface area contributed by atoms with Crippen molar-refractivity contribution in [2.24, 2.45) is 5.92 Å². The summed E-state index contributed by atoms with van der Waals surface area (Å²) in [5.41, 5.74) is 2.20. The molecular formula is C20H32N2O2. The number of nitrogens with one attached hydrogen (secondary N) is 1. The van der Waals surface area contributed by atoms with Gasteiger partial charge < -0.3 is 20.1 Å². The van der Waals surface area contributed by atoms with E-state index in [-0.39, 0.29) is 0 Å². The van der Waals surface area contributed by atoms with Gasteiger partial charge in [0.15, 0.2) is 0 Å². The SMILES string of the molecule is Cc1cccc(C(O)CNC2CCN(CC3CCCO3)CC2C)c1. The van der Waals surface area contributed by atoms with Crippen molar-refractivity contribution in [1.82, 2.24) is 10.2 Å². The van der Waals surface area contributed by atoms with Crippen LogP contribution in [0.1, 0.15) is 43.4 Å². The van der Waals surface area contributed by atoms with Crippen molar-refractivity contribution in [1.29, 1.82) is 0 Å². The molecule has 0 spiro atoms. The maximum Gasteiger partial charge on any atom is 0.0914 e. The number of rotatable bonds is 6. The fourth-order valence-corrected chi connectivity index (χ4v) is 4.04. The first-order valence-corrected chi connectivity index (χ1v) is 9.44. The lowest BCUT2D eigenvalue weighted by Crippen LogP contribution is -2.50. The van der Waals surface area contributed by atoms with E-state index in [1.165, 1.54) is 18.4 Å². The standard InChI is InChI=1S/C20H32N2O2/c1-15-5-3-6-17(11-15)20(23)12-21-19-8-9-22(13-16(19)2)14-18-7-4-10-24-18/h3,5-6,11,16,18-21,23H,4,7-10,12-14H2,1-2H3. The molecule has 0 aromatic heterocycles. The molecule has 2 saturated heterocycles. The van der Waals surface area contributed by atoms with E-state index in [4.69, 9.17) is 4.74 Å². The predicted octanol–water partition coefficient (Wildman–Crippen LogP) is 2.51. The second-order valence-electron chi connectivity index (χ2n) is 7.61. The topological polar surface area (TPSA) is 44.7 Å². The zero-order chi connectivity index (χ0) is 16.9. The minimum atomic E-state index is -0.429. The summed E-state index contributed by atoms with van der Waals surface area (Å²) in [4.78, 5) is 2.55. The van der Waals surface area contributed by atoms with Gasteiger partial charge in [0.25, 0.3) is 0 Å². The van der Waals surface area contributed by atoms with Crippen molar-refractivity contribution >= 4 is 0 Å². The van der Waals surface area contributed by atoms with Gasteiger partial charge in [0.05, 0.1) is 12.2 Å². The van der Waals surface area contributed by atoms with Crippen LogP contribution in [0.15, 0.2) is 24.3 Å². The highest BCUT2D eigenvalue weighted by Gasteiger charge is 2.28. The Kier molecular flexibility index (Phi) is 6.28. The van der Waals surface area contributed by atoms with Crippen LogP contribution in [0.4, 0.5) is 0 Å². The minimum Gasteiger partial charge on any atom is -0.387 e. The van der Waals surface area contributed by atoms with Crippen LogP contribution in [0.2, 0.25) is 0 Å². The van der Waals surface area contributed by atoms with Crippen LogP contribution in [-0.2, 0) is 4.74 Å². The number of nitrogens with zero attached hydrogens (tertiary/aromatic N) is 1. The number of aliphatic hydroxyl groups excluding tert-OH is 1. The summed E-state index contributed by atoms with van der Waals surface area (Å²) >= 11 is 0. The second-order valence-corrected chi connectivity index (χ2v) is 7.61. The molecule has 0 aliphatic carbocycles. The highest BCUT2D eigenvalue weighted by Crippen LogP contribution is 2.21. The van der Waals surface area contributed by atoms with E-state index >= 15 is 0 Å². The zero-order valence-electron chi connectivity index (χ0n) is 15.1. The molecule has 4 atom stereocenters. The van der Waals surface area contributed by atoms with Crippen molar-refractivity contribution in [3.8, 4) is 0 Å². The largest absolute Gasteiger partial charge is 0.387 e. The van der Waals surface area contributed by atoms with Crippen molar-refractivity contribution < 1.29 is 9.84 Å². The Balaban J connectivity index is 1.43. The fourth-order valence-electron chi connectivity index (χ4n) is 4.04. The fraction of sp³-hybridized carbons (Fsp3) is 0.700. The number of likely N-dealkylation sites (tertiary alicyclic amines) is 1. The van der Waals surface area contributed by atoms with E-state index < -0.39 is 6.10 Å². The number of aryl methyl sites for hydroxylation is 1. The van der Waals surface area contributed by atoms with Crippen LogP contribution < -0.4 is 5.32 Å². The van der Waals surface area contributed by atoms with E-state index in [9.17, 15) is 5.11 Å². The van der Waals surface area contributed by atoms with Gasteiger partial charge in [-0.25, -0.2) is 0 Å². The van der Waals surface area contributed by atoms with Gasteiger partial charge in [-0.2, -0.15) is 0 Å². The van der Waals surface area contributed by atoms with Crippen LogP contribution in [0, 0.1) is 12.8 Å². The molecule has 2 aliphatic heterocycles. The number of hydrogen-bond acceptors (Lipinski definition) is 4. The number of piperidine rings is 1. The molecule has 4 unspecified atom stereocenters. The van der Waals surface area contributed by atoms with Crippen molar-refractivity contribution in [2.45, 2.75) is 51.4 Å². The number of hydrogen-bond donors (Lipinski definition) is 2. The molecule has 0 bridgehead atoms. The summed E-state index contributed by atoms with van der Waals surface area (Å²) in [6, 6.07) is 8.65. The molecule has 0 amide bonds. The number of aliphatic hydroxyl groups is 1.